The molecule has 0 bridgehead atoms. The van der Waals surface area contributed by atoms with E-state index in [2.05, 4.69) is 5.32 Å². The standard InChI is InChI=1S/C13H20N2O3S/c1-12(2,11(17)18)13(3,4)15-10(16)9(14)8-6-5-7-19-8/h5-7,9H,14H2,1-4H3,(H,15,16)(H,17,18). The van der Waals surface area contributed by atoms with E-state index < -0.39 is 23.0 Å². The molecule has 0 fully saturated rings. The first kappa shape index (κ1) is 15.7. The number of amides is 1. The van der Waals surface area contributed by atoms with Gasteiger partial charge in [-0.3, -0.25) is 9.59 Å². The molecule has 0 radical (unpaired) electrons. The summed E-state index contributed by atoms with van der Waals surface area (Å²) in [5, 5.41) is 13.8. The van der Waals surface area contributed by atoms with Crippen molar-refractivity contribution in [3.8, 4) is 0 Å². The maximum atomic E-state index is 12.1. The molecule has 1 heterocycles. The lowest BCUT2D eigenvalue weighted by molar-refractivity contribution is -0.151. The third kappa shape index (κ3) is 3.13. The molecule has 0 saturated carbocycles. The molecule has 19 heavy (non-hydrogen) atoms. The molecule has 6 heteroatoms. The highest BCUT2D eigenvalue weighted by molar-refractivity contribution is 7.10. The van der Waals surface area contributed by atoms with Gasteiger partial charge >= 0.3 is 5.97 Å². The predicted octanol–water partition coefficient (Wildman–Crippen LogP) is 1.75. The summed E-state index contributed by atoms with van der Waals surface area (Å²) in [5.41, 5.74) is 3.85. The monoisotopic (exact) mass is 284 g/mol. The molecule has 1 atom stereocenters. The van der Waals surface area contributed by atoms with Crippen LogP contribution >= 0.6 is 11.3 Å². The maximum absolute atomic E-state index is 12.1. The van der Waals surface area contributed by atoms with E-state index in [4.69, 9.17) is 5.73 Å². The van der Waals surface area contributed by atoms with E-state index in [1.807, 2.05) is 11.4 Å². The Morgan fingerprint density at radius 3 is 2.37 bits per heavy atom. The van der Waals surface area contributed by atoms with Crippen molar-refractivity contribution < 1.29 is 14.7 Å². The van der Waals surface area contributed by atoms with Gasteiger partial charge in [-0.15, -0.1) is 11.3 Å². The van der Waals surface area contributed by atoms with Gasteiger partial charge in [0.25, 0.3) is 0 Å². The maximum Gasteiger partial charge on any atom is 0.311 e. The number of hydrogen-bond donors (Lipinski definition) is 3. The van der Waals surface area contributed by atoms with Crippen LogP contribution in [0.25, 0.3) is 0 Å². The summed E-state index contributed by atoms with van der Waals surface area (Å²) in [6.07, 6.45) is 0. The molecule has 0 saturated heterocycles. The lowest BCUT2D eigenvalue weighted by Crippen LogP contribution is -2.58. The minimum absolute atomic E-state index is 0.373. The molecule has 0 aliphatic carbocycles. The molecular weight excluding hydrogens is 264 g/mol. The fourth-order valence-electron chi connectivity index (χ4n) is 1.41. The van der Waals surface area contributed by atoms with Gasteiger partial charge in [0.2, 0.25) is 5.91 Å². The summed E-state index contributed by atoms with van der Waals surface area (Å²) in [5.74, 6) is -1.34. The van der Waals surface area contributed by atoms with Gasteiger partial charge in [-0.05, 0) is 39.1 Å². The molecule has 0 aliphatic heterocycles. The molecule has 1 rings (SSSR count). The Balaban J connectivity index is 2.84. The van der Waals surface area contributed by atoms with Gasteiger partial charge in [-0.25, -0.2) is 0 Å². The fraction of sp³-hybridized carbons (Fsp3) is 0.538. The zero-order valence-corrected chi connectivity index (χ0v) is 12.4. The molecule has 106 valence electrons. The van der Waals surface area contributed by atoms with Gasteiger partial charge in [0.15, 0.2) is 0 Å². The smallest absolute Gasteiger partial charge is 0.311 e. The second kappa shape index (κ2) is 5.30. The van der Waals surface area contributed by atoms with Crippen molar-refractivity contribution in [3.05, 3.63) is 22.4 Å². The van der Waals surface area contributed by atoms with Crippen LogP contribution in [0.3, 0.4) is 0 Å². The average Bonchev–Trinajstić information content (AvgIpc) is 2.80. The van der Waals surface area contributed by atoms with Gasteiger partial charge in [0, 0.05) is 4.88 Å². The second-order valence-corrected chi connectivity index (χ2v) is 6.52. The SMILES string of the molecule is CC(C)(NC(=O)C(N)c1cccs1)C(C)(C)C(=O)O. The summed E-state index contributed by atoms with van der Waals surface area (Å²) < 4.78 is 0. The van der Waals surface area contributed by atoms with E-state index in [-0.39, 0.29) is 5.91 Å². The van der Waals surface area contributed by atoms with Crippen molar-refractivity contribution in [2.24, 2.45) is 11.1 Å². The number of aliphatic carboxylic acids is 1. The number of nitrogens with one attached hydrogen (secondary N) is 1. The van der Waals surface area contributed by atoms with Crippen LogP contribution in [0.5, 0.6) is 0 Å². The first-order chi connectivity index (χ1) is 8.59. The summed E-state index contributed by atoms with van der Waals surface area (Å²) >= 11 is 1.40. The Hall–Kier alpha value is -1.40. The molecule has 0 spiro atoms. The molecule has 1 aromatic rings. The van der Waals surface area contributed by atoms with Gasteiger partial charge in [-0.1, -0.05) is 6.07 Å². The molecule has 0 aromatic carbocycles. The first-order valence-corrected chi connectivity index (χ1v) is 6.82. The Morgan fingerprint density at radius 1 is 1.37 bits per heavy atom. The summed E-state index contributed by atoms with van der Waals surface area (Å²) in [6.45, 7) is 6.51. The van der Waals surface area contributed by atoms with Crippen LogP contribution in [-0.4, -0.2) is 22.5 Å². The topological polar surface area (TPSA) is 92.4 Å². The van der Waals surface area contributed by atoms with Crippen molar-refractivity contribution in [3.63, 3.8) is 0 Å². The average molecular weight is 284 g/mol. The lowest BCUT2D eigenvalue weighted by atomic mass is 9.74. The Kier molecular flexibility index (Phi) is 4.37. The van der Waals surface area contributed by atoms with Gasteiger partial charge in [0.05, 0.1) is 11.0 Å². The largest absolute Gasteiger partial charge is 0.481 e. The van der Waals surface area contributed by atoms with E-state index in [1.165, 1.54) is 11.3 Å². The second-order valence-electron chi connectivity index (χ2n) is 5.54. The van der Waals surface area contributed by atoms with Gasteiger partial charge in [-0.2, -0.15) is 0 Å². The number of rotatable bonds is 5. The Labute approximate surface area is 116 Å². The minimum atomic E-state index is -1.10. The van der Waals surface area contributed by atoms with Crippen molar-refractivity contribution in [2.45, 2.75) is 39.3 Å². The molecule has 5 nitrogen and oxygen atoms in total. The first-order valence-electron chi connectivity index (χ1n) is 5.94. The Bertz CT molecular complexity index is 466. The highest BCUT2D eigenvalue weighted by Crippen LogP contribution is 2.31. The van der Waals surface area contributed by atoms with Crippen molar-refractivity contribution in [1.29, 1.82) is 0 Å². The number of nitrogens with two attached hydrogens (primary N) is 1. The van der Waals surface area contributed by atoms with E-state index in [9.17, 15) is 14.7 Å². The van der Waals surface area contributed by atoms with Crippen LogP contribution in [0, 0.1) is 5.41 Å². The van der Waals surface area contributed by atoms with E-state index in [1.54, 1.807) is 33.8 Å². The highest BCUT2D eigenvalue weighted by Gasteiger charge is 2.45. The summed E-state index contributed by atoms with van der Waals surface area (Å²) in [7, 11) is 0. The van der Waals surface area contributed by atoms with Gasteiger partial charge < -0.3 is 16.2 Å². The molecule has 1 unspecified atom stereocenters. The van der Waals surface area contributed by atoms with E-state index >= 15 is 0 Å². The molecular formula is C13H20N2O3S. The van der Waals surface area contributed by atoms with Gasteiger partial charge in [0.1, 0.15) is 6.04 Å². The number of carboxylic acids is 1. The number of hydrogen-bond acceptors (Lipinski definition) is 4. The quantitative estimate of drug-likeness (QED) is 0.768. The molecule has 0 aliphatic rings. The van der Waals surface area contributed by atoms with Crippen LogP contribution < -0.4 is 11.1 Å². The molecule has 1 aromatic heterocycles. The van der Waals surface area contributed by atoms with Crippen LogP contribution in [0.15, 0.2) is 17.5 Å². The highest BCUT2D eigenvalue weighted by atomic mass is 32.1. The number of carboxylic acid groups (broad SMARTS) is 1. The Morgan fingerprint density at radius 2 is 1.95 bits per heavy atom. The fourth-order valence-corrected chi connectivity index (χ4v) is 2.13. The number of carbonyl (C=O) groups is 2. The van der Waals surface area contributed by atoms with Crippen LogP contribution in [0.1, 0.15) is 38.6 Å². The molecule has 1 amide bonds. The minimum Gasteiger partial charge on any atom is -0.481 e. The van der Waals surface area contributed by atoms with Crippen LogP contribution in [-0.2, 0) is 9.59 Å². The van der Waals surface area contributed by atoms with Crippen LogP contribution in [0.4, 0.5) is 0 Å². The van der Waals surface area contributed by atoms with E-state index in [0.29, 0.717) is 0 Å². The zero-order chi connectivity index (χ0) is 14.8. The number of thiophene rings is 1. The third-order valence-electron chi connectivity index (χ3n) is 3.67. The summed E-state index contributed by atoms with van der Waals surface area (Å²) in [4.78, 5) is 24.1. The predicted molar refractivity (Wildman–Crippen MR) is 74.9 cm³/mol. The van der Waals surface area contributed by atoms with Crippen LogP contribution in [0.2, 0.25) is 0 Å². The summed E-state index contributed by atoms with van der Waals surface area (Å²) in [6, 6.07) is 2.83. The normalized spacial score (nSPS) is 13.9. The van der Waals surface area contributed by atoms with E-state index in [0.717, 1.165) is 4.88 Å². The number of carbonyl (C=O) groups excluding carboxylic acids is 1. The molecule has 4 N–H and O–H groups in total. The zero-order valence-electron chi connectivity index (χ0n) is 11.6. The van der Waals surface area contributed by atoms with Crippen molar-refractivity contribution >= 4 is 23.2 Å². The third-order valence-corrected chi connectivity index (χ3v) is 4.62. The van der Waals surface area contributed by atoms with Crippen molar-refractivity contribution in [2.75, 3.05) is 0 Å². The lowest BCUT2D eigenvalue weighted by Gasteiger charge is -2.39. The van der Waals surface area contributed by atoms with Crippen molar-refractivity contribution in [1.82, 2.24) is 5.32 Å².